The van der Waals surface area contributed by atoms with E-state index in [0.717, 1.165) is 31.5 Å². The molecule has 0 unspecified atom stereocenters. The first-order chi connectivity index (χ1) is 9.10. The summed E-state index contributed by atoms with van der Waals surface area (Å²) in [6.45, 7) is 2.55. The number of carbonyl (C=O) groups is 1. The van der Waals surface area contributed by atoms with Crippen molar-refractivity contribution in [3.8, 4) is 0 Å². The van der Waals surface area contributed by atoms with Crippen LogP contribution in [0.3, 0.4) is 0 Å². The van der Waals surface area contributed by atoms with Gasteiger partial charge in [0.15, 0.2) is 0 Å². The number of benzene rings is 1. The number of halogens is 1. The Hall–Kier alpha value is -1.46. The molecule has 2 N–H and O–H groups in total. The highest BCUT2D eigenvalue weighted by molar-refractivity contribution is 5.89. The number of likely N-dealkylation sites (tertiary alicyclic amines) is 1. The molecule has 104 valence electrons. The van der Waals surface area contributed by atoms with E-state index in [0.29, 0.717) is 6.54 Å². The normalized spacial score (nSPS) is 17.4. The lowest BCUT2D eigenvalue weighted by molar-refractivity contribution is 0.0595. The van der Waals surface area contributed by atoms with Crippen LogP contribution in [0.25, 0.3) is 0 Å². The van der Waals surface area contributed by atoms with E-state index in [4.69, 9.17) is 5.73 Å². The van der Waals surface area contributed by atoms with Crippen LogP contribution in [0, 0.1) is 5.82 Å². The maximum Gasteiger partial charge on any atom is 0.340 e. The summed E-state index contributed by atoms with van der Waals surface area (Å²) >= 11 is 0. The minimum atomic E-state index is -0.645. The van der Waals surface area contributed by atoms with E-state index in [9.17, 15) is 9.18 Å². The Labute approximate surface area is 112 Å². The van der Waals surface area contributed by atoms with Crippen molar-refractivity contribution in [2.75, 3.05) is 20.2 Å². The van der Waals surface area contributed by atoms with Crippen LogP contribution in [0.15, 0.2) is 18.2 Å². The van der Waals surface area contributed by atoms with Crippen molar-refractivity contribution >= 4 is 5.97 Å². The average molecular weight is 266 g/mol. The number of carbonyl (C=O) groups excluding carboxylic acids is 1. The van der Waals surface area contributed by atoms with Crippen LogP contribution in [-0.4, -0.2) is 37.1 Å². The van der Waals surface area contributed by atoms with Gasteiger partial charge in [0.1, 0.15) is 5.82 Å². The molecule has 5 heteroatoms. The Kier molecular flexibility index (Phi) is 4.50. The highest BCUT2D eigenvalue weighted by atomic mass is 19.1. The van der Waals surface area contributed by atoms with Crippen molar-refractivity contribution in [1.29, 1.82) is 0 Å². The van der Waals surface area contributed by atoms with Gasteiger partial charge in [0, 0.05) is 12.6 Å². The van der Waals surface area contributed by atoms with Crippen LogP contribution in [0.4, 0.5) is 4.39 Å². The van der Waals surface area contributed by atoms with Gasteiger partial charge in [0.2, 0.25) is 0 Å². The molecular weight excluding hydrogens is 247 g/mol. The zero-order valence-electron chi connectivity index (χ0n) is 11.1. The largest absolute Gasteiger partial charge is 0.465 e. The van der Waals surface area contributed by atoms with Crippen molar-refractivity contribution in [2.24, 2.45) is 5.73 Å². The molecule has 0 aliphatic carbocycles. The molecule has 1 fully saturated rings. The third kappa shape index (κ3) is 3.52. The minimum Gasteiger partial charge on any atom is -0.465 e. The fourth-order valence-corrected chi connectivity index (χ4v) is 2.30. The Bertz CT molecular complexity index is 457. The Morgan fingerprint density at radius 1 is 1.47 bits per heavy atom. The number of hydrogen-bond acceptors (Lipinski definition) is 4. The summed E-state index contributed by atoms with van der Waals surface area (Å²) in [5.41, 5.74) is 6.69. The van der Waals surface area contributed by atoms with Gasteiger partial charge in [-0.1, -0.05) is 6.07 Å². The molecule has 0 atom stereocenters. The van der Waals surface area contributed by atoms with Gasteiger partial charge in [0.05, 0.1) is 12.7 Å². The topological polar surface area (TPSA) is 55.6 Å². The maximum absolute atomic E-state index is 13.8. The third-order valence-corrected chi connectivity index (χ3v) is 3.48. The molecular formula is C14H19FN2O2. The fraction of sp³-hybridized carbons (Fsp3) is 0.500. The van der Waals surface area contributed by atoms with Crippen LogP contribution < -0.4 is 5.73 Å². The van der Waals surface area contributed by atoms with Crippen LogP contribution >= 0.6 is 0 Å². The van der Waals surface area contributed by atoms with Gasteiger partial charge >= 0.3 is 5.97 Å². The lowest BCUT2D eigenvalue weighted by Crippen LogP contribution is -2.39. The standard InChI is InChI=1S/C14H19FN2O2/c1-19-14(18)12-3-2-10(8-13(12)15)9-17-6-4-11(16)5-7-17/h2-3,8,11H,4-7,9,16H2,1H3. The van der Waals surface area contributed by atoms with E-state index in [-0.39, 0.29) is 11.6 Å². The summed E-state index contributed by atoms with van der Waals surface area (Å²) in [5.74, 6) is -1.17. The molecule has 0 spiro atoms. The molecule has 0 saturated carbocycles. The summed E-state index contributed by atoms with van der Waals surface area (Å²) < 4.78 is 18.3. The van der Waals surface area contributed by atoms with Crippen LogP contribution in [0.2, 0.25) is 0 Å². The van der Waals surface area contributed by atoms with Gasteiger partial charge in [-0.2, -0.15) is 0 Å². The first-order valence-electron chi connectivity index (χ1n) is 6.45. The Balaban J connectivity index is 2.02. The van der Waals surface area contributed by atoms with Gasteiger partial charge in [-0.15, -0.1) is 0 Å². The molecule has 1 aromatic rings. The summed E-state index contributed by atoms with van der Waals surface area (Å²) in [7, 11) is 1.24. The van der Waals surface area contributed by atoms with Gasteiger partial charge in [-0.05, 0) is 43.6 Å². The first-order valence-corrected chi connectivity index (χ1v) is 6.45. The van der Waals surface area contributed by atoms with E-state index in [1.807, 2.05) is 0 Å². The van der Waals surface area contributed by atoms with Gasteiger partial charge in [0.25, 0.3) is 0 Å². The number of nitrogens with two attached hydrogens (primary N) is 1. The summed E-state index contributed by atoms with van der Waals surface area (Å²) in [5, 5.41) is 0. The quantitative estimate of drug-likeness (QED) is 0.843. The Morgan fingerprint density at radius 3 is 2.74 bits per heavy atom. The monoisotopic (exact) mass is 266 g/mol. The highest BCUT2D eigenvalue weighted by Gasteiger charge is 2.17. The van der Waals surface area contributed by atoms with Crippen molar-refractivity contribution < 1.29 is 13.9 Å². The van der Waals surface area contributed by atoms with Crippen LogP contribution in [-0.2, 0) is 11.3 Å². The number of nitrogens with zero attached hydrogens (tertiary/aromatic N) is 1. The second-order valence-corrected chi connectivity index (χ2v) is 4.92. The molecule has 0 bridgehead atoms. The summed E-state index contributed by atoms with van der Waals surface area (Å²) in [6, 6.07) is 4.94. The zero-order chi connectivity index (χ0) is 13.8. The average Bonchev–Trinajstić information content (AvgIpc) is 2.41. The zero-order valence-corrected chi connectivity index (χ0v) is 11.1. The molecule has 4 nitrogen and oxygen atoms in total. The highest BCUT2D eigenvalue weighted by Crippen LogP contribution is 2.16. The molecule has 19 heavy (non-hydrogen) atoms. The lowest BCUT2D eigenvalue weighted by atomic mass is 10.0. The van der Waals surface area contributed by atoms with E-state index in [1.54, 1.807) is 6.07 Å². The van der Waals surface area contributed by atoms with Crippen molar-refractivity contribution in [2.45, 2.75) is 25.4 Å². The van der Waals surface area contributed by atoms with Crippen molar-refractivity contribution in [1.82, 2.24) is 4.90 Å². The van der Waals surface area contributed by atoms with Crippen LogP contribution in [0.5, 0.6) is 0 Å². The molecule has 1 saturated heterocycles. The van der Waals surface area contributed by atoms with Crippen LogP contribution in [0.1, 0.15) is 28.8 Å². The van der Waals surface area contributed by atoms with Gasteiger partial charge in [-0.25, -0.2) is 9.18 Å². The van der Waals surface area contributed by atoms with E-state index < -0.39 is 11.8 Å². The molecule has 1 heterocycles. The summed E-state index contributed by atoms with van der Waals surface area (Å²) in [6.07, 6.45) is 1.95. The summed E-state index contributed by atoms with van der Waals surface area (Å²) in [4.78, 5) is 13.5. The smallest absolute Gasteiger partial charge is 0.340 e. The molecule has 0 radical (unpaired) electrons. The number of esters is 1. The molecule has 1 aromatic carbocycles. The van der Waals surface area contributed by atoms with E-state index in [2.05, 4.69) is 9.64 Å². The molecule has 1 aliphatic rings. The third-order valence-electron chi connectivity index (χ3n) is 3.48. The number of methoxy groups -OCH3 is 1. The Morgan fingerprint density at radius 2 is 2.16 bits per heavy atom. The van der Waals surface area contributed by atoms with Crippen molar-refractivity contribution in [3.63, 3.8) is 0 Å². The maximum atomic E-state index is 13.8. The number of ether oxygens (including phenoxy) is 1. The van der Waals surface area contributed by atoms with E-state index in [1.165, 1.54) is 19.2 Å². The molecule has 2 rings (SSSR count). The SMILES string of the molecule is COC(=O)c1ccc(CN2CCC(N)CC2)cc1F. The molecule has 0 amide bonds. The molecule has 1 aliphatic heterocycles. The van der Waals surface area contributed by atoms with Crippen molar-refractivity contribution in [3.05, 3.63) is 35.1 Å². The molecule has 0 aromatic heterocycles. The van der Waals surface area contributed by atoms with Gasteiger partial charge in [-0.3, -0.25) is 4.90 Å². The second-order valence-electron chi connectivity index (χ2n) is 4.92. The minimum absolute atomic E-state index is 0.0214. The number of rotatable bonds is 3. The number of hydrogen-bond donors (Lipinski definition) is 1. The predicted molar refractivity (Wildman–Crippen MR) is 70.2 cm³/mol. The predicted octanol–water partition coefficient (Wildman–Crippen LogP) is 1.54. The van der Waals surface area contributed by atoms with Gasteiger partial charge < -0.3 is 10.5 Å². The second kappa shape index (κ2) is 6.12. The first kappa shape index (κ1) is 14.0. The van der Waals surface area contributed by atoms with E-state index >= 15 is 0 Å². The lowest BCUT2D eigenvalue weighted by Gasteiger charge is -2.30. The number of piperidine rings is 1. The fourth-order valence-electron chi connectivity index (χ4n) is 2.30.